The van der Waals surface area contributed by atoms with Crippen molar-refractivity contribution in [3.63, 3.8) is 0 Å². The van der Waals surface area contributed by atoms with E-state index in [0.29, 0.717) is 37.4 Å². The number of amides is 2. The van der Waals surface area contributed by atoms with Crippen LogP contribution in [-0.4, -0.2) is 91.5 Å². The SMILES string of the molecule is COc1ccc(CN(CC(O)CNC(=O)c2ccc(C(=O)N3C4CCC3COC4)cc2)C2Cc3ccccc3C2)c(OC)c1. The predicted octanol–water partition coefficient (Wildman–Crippen LogP) is 3.47. The van der Waals surface area contributed by atoms with E-state index in [1.165, 1.54) is 11.1 Å². The molecule has 3 aromatic rings. The van der Waals surface area contributed by atoms with Gasteiger partial charge in [-0.3, -0.25) is 14.5 Å². The first kappa shape index (κ1) is 30.1. The molecule has 2 aliphatic heterocycles. The van der Waals surface area contributed by atoms with Gasteiger partial charge in [-0.25, -0.2) is 0 Å². The fourth-order valence-electron chi connectivity index (χ4n) is 6.86. The number of carbonyl (C=O) groups is 2. The van der Waals surface area contributed by atoms with Gasteiger partial charge >= 0.3 is 0 Å². The van der Waals surface area contributed by atoms with E-state index in [-0.39, 0.29) is 36.5 Å². The molecule has 3 unspecified atom stereocenters. The first-order valence-electron chi connectivity index (χ1n) is 15.4. The van der Waals surface area contributed by atoms with E-state index in [2.05, 4.69) is 34.5 Å². The van der Waals surface area contributed by atoms with Crippen LogP contribution in [-0.2, 0) is 24.1 Å². The highest BCUT2D eigenvalue weighted by Crippen LogP contribution is 2.32. The summed E-state index contributed by atoms with van der Waals surface area (Å²) in [4.78, 5) is 30.4. The third-order valence-corrected chi connectivity index (χ3v) is 9.23. The Labute approximate surface area is 258 Å². The average molecular weight is 600 g/mol. The Balaban J connectivity index is 1.08. The fraction of sp³-hybridized carbons (Fsp3) is 0.429. The van der Waals surface area contributed by atoms with Crippen molar-refractivity contribution in [1.29, 1.82) is 0 Å². The van der Waals surface area contributed by atoms with Crippen LogP contribution in [0, 0.1) is 0 Å². The molecule has 3 aromatic carbocycles. The lowest BCUT2D eigenvalue weighted by molar-refractivity contribution is -0.00716. The Morgan fingerprint density at radius 3 is 2.25 bits per heavy atom. The van der Waals surface area contributed by atoms with Crippen molar-refractivity contribution < 1.29 is 28.9 Å². The van der Waals surface area contributed by atoms with Crippen molar-refractivity contribution in [2.75, 3.05) is 40.5 Å². The van der Waals surface area contributed by atoms with E-state index >= 15 is 0 Å². The van der Waals surface area contributed by atoms with Crippen molar-refractivity contribution in [3.05, 3.63) is 94.5 Å². The van der Waals surface area contributed by atoms with Gasteiger partial charge in [0.2, 0.25) is 0 Å². The lowest BCUT2D eigenvalue weighted by atomic mass is 10.1. The molecular formula is C35H41N3O6. The molecule has 3 aliphatic rings. The number of nitrogens with zero attached hydrogens (tertiary/aromatic N) is 2. The Morgan fingerprint density at radius 2 is 1.61 bits per heavy atom. The molecule has 2 heterocycles. The van der Waals surface area contributed by atoms with Gasteiger partial charge in [0.25, 0.3) is 11.8 Å². The van der Waals surface area contributed by atoms with Crippen LogP contribution in [0.25, 0.3) is 0 Å². The third-order valence-electron chi connectivity index (χ3n) is 9.23. The quantitative estimate of drug-likeness (QED) is 0.348. The molecule has 2 amide bonds. The first-order valence-corrected chi connectivity index (χ1v) is 15.4. The van der Waals surface area contributed by atoms with Crippen LogP contribution in [0.3, 0.4) is 0 Å². The summed E-state index contributed by atoms with van der Waals surface area (Å²) in [7, 11) is 3.27. The van der Waals surface area contributed by atoms with Crippen molar-refractivity contribution in [3.8, 4) is 11.5 Å². The molecule has 0 aromatic heterocycles. The molecule has 3 atom stereocenters. The van der Waals surface area contributed by atoms with E-state index in [1.54, 1.807) is 38.5 Å². The highest BCUT2D eigenvalue weighted by Gasteiger charge is 2.40. The highest BCUT2D eigenvalue weighted by molar-refractivity contribution is 5.98. The van der Waals surface area contributed by atoms with Crippen LogP contribution in [0.15, 0.2) is 66.7 Å². The van der Waals surface area contributed by atoms with Gasteiger partial charge in [0.1, 0.15) is 11.5 Å². The number of rotatable bonds is 11. The minimum atomic E-state index is -0.787. The molecule has 6 rings (SSSR count). The van der Waals surface area contributed by atoms with Crippen molar-refractivity contribution in [2.24, 2.45) is 0 Å². The number of carbonyl (C=O) groups excluding carboxylic acids is 2. The Kier molecular flexibility index (Phi) is 9.16. The molecule has 0 radical (unpaired) electrons. The van der Waals surface area contributed by atoms with Gasteiger partial charge in [-0.05, 0) is 67.1 Å². The van der Waals surface area contributed by atoms with Crippen LogP contribution in [0.5, 0.6) is 11.5 Å². The van der Waals surface area contributed by atoms with Crippen LogP contribution >= 0.6 is 0 Å². The van der Waals surface area contributed by atoms with Crippen LogP contribution in [0.4, 0.5) is 0 Å². The average Bonchev–Trinajstić information content (AvgIpc) is 3.60. The van der Waals surface area contributed by atoms with Gasteiger partial charge in [-0.15, -0.1) is 0 Å². The summed E-state index contributed by atoms with van der Waals surface area (Å²) in [5.41, 5.74) is 4.68. The van der Waals surface area contributed by atoms with Crippen LogP contribution in [0.2, 0.25) is 0 Å². The van der Waals surface area contributed by atoms with Crippen molar-refractivity contribution in [2.45, 2.75) is 56.5 Å². The zero-order valence-electron chi connectivity index (χ0n) is 25.4. The highest BCUT2D eigenvalue weighted by atomic mass is 16.5. The predicted molar refractivity (Wildman–Crippen MR) is 166 cm³/mol. The number of methoxy groups -OCH3 is 2. The number of aliphatic hydroxyl groups is 1. The van der Waals surface area contributed by atoms with Gasteiger partial charge in [0.05, 0.1) is 45.6 Å². The van der Waals surface area contributed by atoms with E-state index in [4.69, 9.17) is 14.2 Å². The van der Waals surface area contributed by atoms with Gasteiger partial charge in [-0.2, -0.15) is 0 Å². The lowest BCUT2D eigenvalue weighted by Crippen LogP contribution is -2.49. The van der Waals surface area contributed by atoms with Crippen molar-refractivity contribution >= 4 is 11.8 Å². The zero-order chi connectivity index (χ0) is 30.6. The topological polar surface area (TPSA) is 101 Å². The second-order valence-electron chi connectivity index (χ2n) is 12.0. The number of fused-ring (bicyclic) bond motifs is 3. The van der Waals surface area contributed by atoms with E-state index in [0.717, 1.165) is 42.7 Å². The van der Waals surface area contributed by atoms with Gasteiger partial charge in [-0.1, -0.05) is 30.3 Å². The molecule has 0 saturated carbocycles. The smallest absolute Gasteiger partial charge is 0.254 e. The van der Waals surface area contributed by atoms with Gasteiger partial charge < -0.3 is 29.5 Å². The van der Waals surface area contributed by atoms with Gasteiger partial charge in [0, 0.05) is 48.4 Å². The second kappa shape index (κ2) is 13.4. The standard InChI is InChI=1S/C35H41N3O6/c1-42-32-14-11-27(33(17-32)43-2)19-37(30-15-25-5-3-4-6-26(25)16-30)20-31(39)18-36-34(40)23-7-9-24(10-8-23)35(41)38-28-12-13-29(38)22-44-21-28/h3-11,14,17,28-31,39H,12-13,15-16,18-22H2,1-2H3,(H,36,40). The number of benzene rings is 3. The molecule has 1 aliphatic carbocycles. The monoisotopic (exact) mass is 599 g/mol. The second-order valence-corrected chi connectivity index (χ2v) is 12.0. The maximum atomic E-state index is 13.2. The Morgan fingerprint density at radius 1 is 0.955 bits per heavy atom. The summed E-state index contributed by atoms with van der Waals surface area (Å²) in [6, 6.07) is 21.5. The first-order chi connectivity index (χ1) is 21.4. The molecule has 9 nitrogen and oxygen atoms in total. The summed E-state index contributed by atoms with van der Waals surface area (Å²) < 4.78 is 16.6. The summed E-state index contributed by atoms with van der Waals surface area (Å²) in [6.07, 6.45) is 2.94. The number of morpholine rings is 1. The van der Waals surface area contributed by atoms with Gasteiger partial charge in [0.15, 0.2) is 0 Å². The van der Waals surface area contributed by atoms with E-state index in [9.17, 15) is 14.7 Å². The largest absolute Gasteiger partial charge is 0.497 e. The van der Waals surface area contributed by atoms with E-state index in [1.807, 2.05) is 23.1 Å². The molecule has 44 heavy (non-hydrogen) atoms. The lowest BCUT2D eigenvalue weighted by Gasteiger charge is -2.34. The molecule has 2 fully saturated rings. The minimum Gasteiger partial charge on any atom is -0.497 e. The summed E-state index contributed by atoms with van der Waals surface area (Å²) in [5, 5.41) is 14.0. The number of hydrogen-bond donors (Lipinski definition) is 2. The Bertz CT molecular complexity index is 1440. The summed E-state index contributed by atoms with van der Waals surface area (Å²) in [5.74, 6) is 1.16. The van der Waals surface area contributed by atoms with Crippen molar-refractivity contribution in [1.82, 2.24) is 15.1 Å². The van der Waals surface area contributed by atoms with Crippen LogP contribution < -0.4 is 14.8 Å². The maximum Gasteiger partial charge on any atom is 0.254 e. The maximum absolute atomic E-state index is 13.2. The normalized spacial score (nSPS) is 20.0. The number of nitrogens with one attached hydrogen (secondary N) is 1. The molecule has 2 saturated heterocycles. The zero-order valence-corrected chi connectivity index (χ0v) is 25.4. The van der Waals surface area contributed by atoms with Crippen LogP contribution in [0.1, 0.15) is 50.2 Å². The summed E-state index contributed by atoms with van der Waals surface area (Å²) in [6.45, 7) is 2.24. The molecular weight excluding hydrogens is 558 g/mol. The third kappa shape index (κ3) is 6.45. The molecule has 0 spiro atoms. The number of aliphatic hydroxyl groups excluding tert-OH is 1. The molecule has 2 bridgehead atoms. The number of ether oxygens (including phenoxy) is 3. The number of hydrogen-bond acceptors (Lipinski definition) is 7. The fourth-order valence-corrected chi connectivity index (χ4v) is 6.86. The Hall–Kier alpha value is -3.92. The summed E-state index contributed by atoms with van der Waals surface area (Å²) >= 11 is 0. The van der Waals surface area contributed by atoms with E-state index < -0.39 is 6.10 Å². The minimum absolute atomic E-state index is 0.00849. The molecule has 9 heteroatoms. The molecule has 2 N–H and O–H groups in total. The molecule has 232 valence electrons.